The van der Waals surface area contributed by atoms with Crippen LogP contribution >= 0.6 is 22.6 Å². The predicted molar refractivity (Wildman–Crippen MR) is 49.8 cm³/mol. The van der Waals surface area contributed by atoms with Crippen LogP contribution in [0, 0.1) is 10.5 Å². The maximum atomic E-state index is 10.6. The molecule has 1 rings (SSSR count). The van der Waals surface area contributed by atoms with E-state index < -0.39 is 5.97 Å². The average molecular weight is 265 g/mol. The van der Waals surface area contributed by atoms with E-state index in [4.69, 9.17) is 5.11 Å². The van der Waals surface area contributed by atoms with Crippen LogP contribution < -0.4 is 0 Å². The molecule has 0 aliphatic heterocycles. The second-order valence-corrected chi connectivity index (χ2v) is 3.53. The van der Waals surface area contributed by atoms with Crippen molar-refractivity contribution in [3.8, 4) is 0 Å². The maximum absolute atomic E-state index is 10.6. The average Bonchev–Trinajstić information content (AvgIpc) is 2.07. The second-order valence-electron chi connectivity index (χ2n) is 2.37. The number of hydrogen-bond acceptors (Lipinski definition) is 1. The summed E-state index contributed by atoms with van der Waals surface area (Å²) in [6, 6.07) is 0. The molecular formula is C7H8INO2. The standard InChI is InChI=1S/C7H8INO2/c1-4-5(8)3-9(2)6(4)7(10)11/h3H,1-2H3,(H,10,11). The van der Waals surface area contributed by atoms with Crippen LogP contribution in [0.2, 0.25) is 0 Å². The Morgan fingerprint density at radius 3 is 2.45 bits per heavy atom. The summed E-state index contributed by atoms with van der Waals surface area (Å²) in [5.74, 6) is -0.868. The van der Waals surface area contributed by atoms with Crippen molar-refractivity contribution in [2.75, 3.05) is 0 Å². The van der Waals surface area contributed by atoms with Crippen LogP contribution in [0.4, 0.5) is 0 Å². The molecule has 1 N–H and O–H groups in total. The molecule has 4 heteroatoms. The Labute approximate surface area is 78.2 Å². The fraction of sp³-hybridized carbons (Fsp3) is 0.286. The highest BCUT2D eigenvalue weighted by molar-refractivity contribution is 14.1. The first-order valence-corrected chi connectivity index (χ1v) is 4.16. The van der Waals surface area contributed by atoms with Gasteiger partial charge in [-0.3, -0.25) is 0 Å². The molecule has 0 saturated heterocycles. The summed E-state index contributed by atoms with van der Waals surface area (Å²) in [6.07, 6.45) is 1.80. The van der Waals surface area contributed by atoms with Crippen molar-refractivity contribution in [2.45, 2.75) is 6.92 Å². The first-order valence-electron chi connectivity index (χ1n) is 3.08. The topological polar surface area (TPSA) is 42.2 Å². The highest BCUT2D eigenvalue weighted by Gasteiger charge is 2.13. The summed E-state index contributed by atoms with van der Waals surface area (Å²) in [4.78, 5) is 10.6. The summed E-state index contributed by atoms with van der Waals surface area (Å²) in [7, 11) is 1.73. The summed E-state index contributed by atoms with van der Waals surface area (Å²) >= 11 is 2.12. The molecule has 1 aromatic rings. The minimum Gasteiger partial charge on any atom is -0.477 e. The van der Waals surface area contributed by atoms with E-state index in [-0.39, 0.29) is 0 Å². The minimum absolute atomic E-state index is 0.370. The summed E-state index contributed by atoms with van der Waals surface area (Å²) in [5, 5.41) is 8.74. The number of carbonyl (C=O) groups is 1. The van der Waals surface area contributed by atoms with Gasteiger partial charge >= 0.3 is 5.97 Å². The van der Waals surface area contributed by atoms with E-state index in [1.165, 1.54) is 0 Å². The molecule has 0 amide bonds. The first-order chi connectivity index (χ1) is 5.04. The van der Waals surface area contributed by atoms with Crippen LogP contribution in [-0.4, -0.2) is 15.6 Å². The van der Waals surface area contributed by atoms with Gasteiger partial charge < -0.3 is 9.67 Å². The van der Waals surface area contributed by atoms with Gasteiger partial charge in [-0.1, -0.05) is 0 Å². The molecule has 0 spiro atoms. The Bertz CT molecular complexity index is 304. The van der Waals surface area contributed by atoms with Gasteiger partial charge in [-0.2, -0.15) is 0 Å². The molecular weight excluding hydrogens is 257 g/mol. The van der Waals surface area contributed by atoms with E-state index in [1.807, 2.05) is 6.92 Å². The minimum atomic E-state index is -0.868. The highest BCUT2D eigenvalue weighted by atomic mass is 127. The van der Waals surface area contributed by atoms with Crippen LogP contribution in [0.1, 0.15) is 16.1 Å². The zero-order valence-corrected chi connectivity index (χ0v) is 8.42. The van der Waals surface area contributed by atoms with Gasteiger partial charge in [-0.15, -0.1) is 0 Å². The molecule has 0 aliphatic rings. The molecule has 60 valence electrons. The van der Waals surface area contributed by atoms with Gasteiger partial charge in [-0.05, 0) is 35.1 Å². The van der Waals surface area contributed by atoms with Crippen LogP contribution in [0.3, 0.4) is 0 Å². The predicted octanol–water partition coefficient (Wildman–Crippen LogP) is 1.64. The molecule has 11 heavy (non-hydrogen) atoms. The van der Waals surface area contributed by atoms with Crippen LogP contribution in [-0.2, 0) is 7.05 Å². The lowest BCUT2D eigenvalue weighted by Crippen LogP contribution is -2.05. The van der Waals surface area contributed by atoms with Crippen LogP contribution in [0.25, 0.3) is 0 Å². The molecule has 0 radical (unpaired) electrons. The number of carboxylic acid groups (broad SMARTS) is 1. The van der Waals surface area contributed by atoms with E-state index >= 15 is 0 Å². The molecule has 0 aromatic carbocycles. The number of halogens is 1. The van der Waals surface area contributed by atoms with E-state index in [9.17, 15) is 4.79 Å². The zero-order chi connectivity index (χ0) is 8.59. The van der Waals surface area contributed by atoms with E-state index in [0.29, 0.717) is 5.69 Å². The van der Waals surface area contributed by atoms with Gasteiger partial charge in [0.25, 0.3) is 0 Å². The fourth-order valence-electron chi connectivity index (χ4n) is 1.02. The van der Waals surface area contributed by atoms with Crippen molar-refractivity contribution in [1.29, 1.82) is 0 Å². The molecule has 0 fully saturated rings. The van der Waals surface area contributed by atoms with Crippen LogP contribution in [0.5, 0.6) is 0 Å². The van der Waals surface area contributed by atoms with Gasteiger partial charge in [-0.25, -0.2) is 4.79 Å². The van der Waals surface area contributed by atoms with Crippen molar-refractivity contribution < 1.29 is 9.90 Å². The maximum Gasteiger partial charge on any atom is 0.352 e. The molecule has 0 unspecified atom stereocenters. The van der Waals surface area contributed by atoms with Gasteiger partial charge in [0, 0.05) is 16.8 Å². The van der Waals surface area contributed by atoms with Gasteiger partial charge in [0.15, 0.2) is 0 Å². The third-order valence-corrected chi connectivity index (χ3v) is 2.66. The second kappa shape index (κ2) is 2.84. The summed E-state index contributed by atoms with van der Waals surface area (Å²) in [6.45, 7) is 1.81. The molecule has 0 saturated carbocycles. The number of aromatic nitrogens is 1. The zero-order valence-electron chi connectivity index (χ0n) is 6.26. The lowest BCUT2D eigenvalue weighted by atomic mass is 10.3. The SMILES string of the molecule is Cc1c(I)cn(C)c1C(=O)O. The molecule has 0 aliphatic carbocycles. The Hall–Kier alpha value is -0.520. The van der Waals surface area contributed by atoms with Crippen LogP contribution in [0.15, 0.2) is 6.20 Å². The number of rotatable bonds is 1. The molecule has 1 heterocycles. The molecule has 3 nitrogen and oxygen atoms in total. The van der Waals surface area contributed by atoms with E-state index in [0.717, 1.165) is 9.13 Å². The number of nitrogens with zero attached hydrogens (tertiary/aromatic N) is 1. The number of aryl methyl sites for hydroxylation is 1. The highest BCUT2D eigenvalue weighted by Crippen LogP contribution is 2.17. The Morgan fingerprint density at radius 2 is 2.27 bits per heavy atom. The van der Waals surface area contributed by atoms with Crippen molar-refractivity contribution in [3.63, 3.8) is 0 Å². The molecule has 1 aromatic heterocycles. The fourth-order valence-corrected chi connectivity index (χ4v) is 1.69. The van der Waals surface area contributed by atoms with Crippen molar-refractivity contribution in [2.24, 2.45) is 7.05 Å². The summed E-state index contributed by atoms with van der Waals surface area (Å²) in [5.41, 5.74) is 1.20. The third-order valence-electron chi connectivity index (χ3n) is 1.58. The monoisotopic (exact) mass is 265 g/mol. The van der Waals surface area contributed by atoms with Gasteiger partial charge in [0.05, 0.1) is 0 Å². The van der Waals surface area contributed by atoms with Gasteiger partial charge in [0.2, 0.25) is 0 Å². The van der Waals surface area contributed by atoms with Gasteiger partial charge in [0.1, 0.15) is 5.69 Å². The first kappa shape index (κ1) is 8.58. The largest absolute Gasteiger partial charge is 0.477 e. The van der Waals surface area contributed by atoms with Crippen molar-refractivity contribution >= 4 is 28.6 Å². The third kappa shape index (κ3) is 1.40. The quantitative estimate of drug-likeness (QED) is 0.784. The molecule has 0 atom stereocenters. The normalized spacial score (nSPS) is 10.1. The van der Waals surface area contributed by atoms with E-state index in [1.54, 1.807) is 17.8 Å². The Kier molecular flexibility index (Phi) is 2.22. The Morgan fingerprint density at radius 1 is 1.73 bits per heavy atom. The lowest BCUT2D eigenvalue weighted by molar-refractivity contribution is 0.0686. The van der Waals surface area contributed by atoms with Crippen molar-refractivity contribution in [3.05, 3.63) is 21.0 Å². The number of hydrogen-bond donors (Lipinski definition) is 1. The smallest absolute Gasteiger partial charge is 0.352 e. The van der Waals surface area contributed by atoms with E-state index in [2.05, 4.69) is 22.6 Å². The summed E-state index contributed by atoms with van der Waals surface area (Å²) < 4.78 is 2.61. The molecule has 0 bridgehead atoms. The lowest BCUT2D eigenvalue weighted by Gasteiger charge is -1.96. The number of carboxylic acids is 1. The Balaban J connectivity index is 3.34. The number of aromatic carboxylic acids is 1. The van der Waals surface area contributed by atoms with Crippen molar-refractivity contribution in [1.82, 2.24) is 4.57 Å².